The molecule has 0 radical (unpaired) electrons. The second-order valence-corrected chi connectivity index (χ2v) is 6.54. The number of thioether (sulfide) groups is 1. The number of imide groups is 1. The maximum absolute atomic E-state index is 12.3. The van der Waals surface area contributed by atoms with Gasteiger partial charge >= 0.3 is 0 Å². The van der Waals surface area contributed by atoms with Crippen molar-refractivity contribution in [3.63, 3.8) is 0 Å². The van der Waals surface area contributed by atoms with Crippen LogP contribution in [0.15, 0.2) is 30.3 Å². The molecule has 0 unspecified atom stereocenters. The van der Waals surface area contributed by atoms with Crippen LogP contribution in [-0.4, -0.2) is 39.8 Å². The highest BCUT2D eigenvalue weighted by Gasteiger charge is 2.41. The summed E-state index contributed by atoms with van der Waals surface area (Å²) in [6, 6.07) is 8.64. The van der Waals surface area contributed by atoms with Crippen LogP contribution in [0.5, 0.6) is 0 Å². The van der Waals surface area contributed by atoms with E-state index in [0.29, 0.717) is 5.56 Å². The van der Waals surface area contributed by atoms with Gasteiger partial charge in [0.05, 0.1) is 17.8 Å². The largest absolute Gasteiger partial charge is 0.347 e. The highest BCUT2D eigenvalue weighted by molar-refractivity contribution is 8.14. The normalized spacial score (nSPS) is 25.4. The highest BCUT2D eigenvalue weighted by atomic mass is 32.2. The summed E-state index contributed by atoms with van der Waals surface area (Å²) >= 11 is 1.05. The molecule has 2 aliphatic rings. The van der Waals surface area contributed by atoms with Crippen molar-refractivity contribution in [2.45, 2.75) is 37.8 Å². The van der Waals surface area contributed by atoms with Crippen molar-refractivity contribution in [3.8, 4) is 0 Å². The van der Waals surface area contributed by atoms with Crippen molar-refractivity contribution in [1.82, 2.24) is 10.2 Å². The van der Waals surface area contributed by atoms with E-state index in [9.17, 15) is 14.4 Å². The highest BCUT2D eigenvalue weighted by Crippen LogP contribution is 2.30. The second kappa shape index (κ2) is 6.52. The first-order valence-corrected chi connectivity index (χ1v) is 8.50. The Morgan fingerprint density at radius 2 is 1.86 bits per heavy atom. The SMILES string of the molecule is O=C(N[C@@H]1CCCC[C@H]1N1C(=O)CSC1=O)c1ccccc1. The van der Waals surface area contributed by atoms with E-state index in [4.69, 9.17) is 0 Å². The van der Waals surface area contributed by atoms with Crippen molar-refractivity contribution in [1.29, 1.82) is 0 Å². The third-order valence-electron chi connectivity index (χ3n) is 4.20. The van der Waals surface area contributed by atoms with Crippen LogP contribution in [-0.2, 0) is 4.79 Å². The molecule has 0 spiro atoms. The average Bonchev–Trinajstić information content (AvgIpc) is 2.88. The van der Waals surface area contributed by atoms with E-state index >= 15 is 0 Å². The molecule has 3 rings (SSSR count). The molecule has 0 bridgehead atoms. The first kappa shape index (κ1) is 15.1. The molecule has 1 aliphatic carbocycles. The summed E-state index contributed by atoms with van der Waals surface area (Å²) in [4.78, 5) is 37.6. The van der Waals surface area contributed by atoms with Gasteiger partial charge < -0.3 is 5.32 Å². The van der Waals surface area contributed by atoms with Gasteiger partial charge in [0.2, 0.25) is 5.91 Å². The minimum atomic E-state index is -0.212. The zero-order valence-electron chi connectivity index (χ0n) is 12.2. The molecule has 2 fully saturated rings. The van der Waals surface area contributed by atoms with Crippen molar-refractivity contribution in [2.75, 3.05) is 5.75 Å². The molecule has 1 aliphatic heterocycles. The summed E-state index contributed by atoms with van der Waals surface area (Å²) in [5.41, 5.74) is 0.597. The van der Waals surface area contributed by atoms with Crippen LogP contribution in [0.1, 0.15) is 36.0 Å². The minimum Gasteiger partial charge on any atom is -0.347 e. The van der Waals surface area contributed by atoms with Crippen molar-refractivity contribution in [2.24, 2.45) is 0 Å². The number of nitrogens with zero attached hydrogens (tertiary/aromatic N) is 1. The Kier molecular flexibility index (Phi) is 4.47. The Balaban J connectivity index is 1.74. The van der Waals surface area contributed by atoms with Gasteiger partial charge in [-0.3, -0.25) is 19.3 Å². The van der Waals surface area contributed by atoms with Crippen LogP contribution in [0.4, 0.5) is 4.79 Å². The van der Waals surface area contributed by atoms with Gasteiger partial charge in [-0.1, -0.05) is 42.8 Å². The van der Waals surface area contributed by atoms with Gasteiger partial charge in [-0.05, 0) is 25.0 Å². The fourth-order valence-corrected chi connectivity index (χ4v) is 3.88. The van der Waals surface area contributed by atoms with Crippen LogP contribution in [0.25, 0.3) is 0 Å². The van der Waals surface area contributed by atoms with E-state index in [-0.39, 0.29) is 34.9 Å². The molecule has 1 saturated carbocycles. The standard InChI is InChI=1S/C16H18N2O3S/c19-14-10-22-16(21)18(14)13-9-5-4-8-12(13)17-15(20)11-6-2-1-3-7-11/h1-3,6-7,12-13H,4-5,8-10H2,(H,17,20)/t12-,13-/m1/s1. The number of carbonyl (C=O) groups excluding carboxylic acids is 3. The lowest BCUT2D eigenvalue weighted by atomic mass is 9.89. The number of carbonyl (C=O) groups is 3. The third kappa shape index (κ3) is 3.02. The minimum absolute atomic E-state index is 0.138. The van der Waals surface area contributed by atoms with Crippen molar-refractivity contribution in [3.05, 3.63) is 35.9 Å². The number of hydrogen-bond acceptors (Lipinski definition) is 4. The molecule has 1 N–H and O–H groups in total. The van der Waals surface area contributed by atoms with Crippen molar-refractivity contribution >= 4 is 28.8 Å². The van der Waals surface area contributed by atoms with Crippen LogP contribution in [0, 0.1) is 0 Å². The topological polar surface area (TPSA) is 66.5 Å². The fraction of sp³-hybridized carbons (Fsp3) is 0.438. The number of benzene rings is 1. The van der Waals surface area contributed by atoms with Gasteiger partial charge in [-0.15, -0.1) is 0 Å². The number of amides is 3. The third-order valence-corrected chi connectivity index (χ3v) is 5.03. The molecule has 5 nitrogen and oxygen atoms in total. The van der Waals surface area contributed by atoms with Gasteiger partial charge in [0.1, 0.15) is 0 Å². The smallest absolute Gasteiger partial charge is 0.289 e. The number of nitrogens with one attached hydrogen (secondary N) is 1. The average molecular weight is 318 g/mol. The summed E-state index contributed by atoms with van der Waals surface area (Å²) in [6.45, 7) is 0. The zero-order valence-corrected chi connectivity index (χ0v) is 13.0. The molecule has 6 heteroatoms. The predicted molar refractivity (Wildman–Crippen MR) is 84.7 cm³/mol. The summed E-state index contributed by atoms with van der Waals surface area (Å²) < 4.78 is 0. The van der Waals surface area contributed by atoms with Crippen LogP contribution < -0.4 is 5.32 Å². The zero-order chi connectivity index (χ0) is 15.5. The van der Waals surface area contributed by atoms with E-state index in [1.807, 2.05) is 18.2 Å². The summed E-state index contributed by atoms with van der Waals surface area (Å²) in [5.74, 6) is -0.0700. The lowest BCUT2D eigenvalue weighted by Crippen LogP contribution is -2.54. The van der Waals surface area contributed by atoms with Gasteiger partial charge in [0.25, 0.3) is 11.1 Å². The molecular weight excluding hydrogens is 300 g/mol. The van der Waals surface area contributed by atoms with E-state index in [1.165, 1.54) is 4.90 Å². The monoisotopic (exact) mass is 318 g/mol. The maximum Gasteiger partial charge on any atom is 0.289 e. The molecule has 1 aromatic carbocycles. The molecule has 2 atom stereocenters. The van der Waals surface area contributed by atoms with Gasteiger partial charge in [0, 0.05) is 5.56 Å². The lowest BCUT2D eigenvalue weighted by molar-refractivity contribution is -0.127. The number of hydrogen-bond donors (Lipinski definition) is 1. The molecule has 0 aromatic heterocycles. The van der Waals surface area contributed by atoms with Crippen LogP contribution in [0.3, 0.4) is 0 Å². The Morgan fingerprint density at radius 1 is 1.14 bits per heavy atom. The summed E-state index contributed by atoms with van der Waals surface area (Å²) in [6.07, 6.45) is 3.53. The first-order valence-electron chi connectivity index (χ1n) is 7.51. The van der Waals surface area contributed by atoms with E-state index in [0.717, 1.165) is 37.4 Å². The molecule has 1 aromatic rings. The number of rotatable bonds is 3. The quantitative estimate of drug-likeness (QED) is 0.929. The van der Waals surface area contributed by atoms with Crippen molar-refractivity contribution < 1.29 is 14.4 Å². The molecule has 3 amide bonds. The fourth-order valence-electron chi connectivity index (χ4n) is 3.11. The predicted octanol–water partition coefficient (Wildman–Crippen LogP) is 2.42. The van der Waals surface area contributed by atoms with E-state index in [1.54, 1.807) is 12.1 Å². The Morgan fingerprint density at radius 3 is 2.55 bits per heavy atom. The van der Waals surface area contributed by atoms with E-state index < -0.39 is 0 Å². The van der Waals surface area contributed by atoms with Crippen LogP contribution in [0.2, 0.25) is 0 Å². The van der Waals surface area contributed by atoms with Gasteiger partial charge in [0.15, 0.2) is 0 Å². The molecule has 1 saturated heterocycles. The summed E-state index contributed by atoms with van der Waals surface area (Å²) in [7, 11) is 0. The molecule has 116 valence electrons. The van der Waals surface area contributed by atoms with Gasteiger partial charge in [-0.25, -0.2) is 0 Å². The Labute approximate surface area is 133 Å². The molecular formula is C16H18N2O3S. The molecule has 22 heavy (non-hydrogen) atoms. The lowest BCUT2D eigenvalue weighted by Gasteiger charge is -2.36. The maximum atomic E-state index is 12.3. The first-order chi connectivity index (χ1) is 10.7. The van der Waals surface area contributed by atoms with Gasteiger partial charge in [-0.2, -0.15) is 0 Å². The van der Waals surface area contributed by atoms with Crippen LogP contribution >= 0.6 is 11.8 Å². The Bertz CT molecular complexity index is 574. The summed E-state index contributed by atoms with van der Waals surface area (Å²) in [5, 5.41) is 2.82. The second-order valence-electron chi connectivity index (χ2n) is 5.62. The Hall–Kier alpha value is -1.82. The van der Waals surface area contributed by atoms with E-state index in [2.05, 4.69) is 5.32 Å². The molecule has 1 heterocycles.